The van der Waals surface area contributed by atoms with Crippen molar-refractivity contribution in [3.05, 3.63) is 46.1 Å². The van der Waals surface area contributed by atoms with Gasteiger partial charge in [0.25, 0.3) is 5.78 Å². The van der Waals surface area contributed by atoms with Crippen LogP contribution in [-0.2, 0) is 12.3 Å². The lowest BCUT2D eigenvalue weighted by atomic mass is 10.2. The maximum absolute atomic E-state index is 4.67. The van der Waals surface area contributed by atoms with E-state index in [2.05, 4.69) is 57.5 Å². The highest BCUT2D eigenvalue weighted by atomic mass is 79.9. The van der Waals surface area contributed by atoms with Crippen LogP contribution in [0.25, 0.3) is 5.78 Å². The van der Waals surface area contributed by atoms with Crippen LogP contribution in [0.3, 0.4) is 0 Å². The number of aryl methyl sites for hydroxylation is 1. The zero-order valence-corrected chi connectivity index (χ0v) is 21.2. The number of hydrogen-bond donors (Lipinski definition) is 0. The summed E-state index contributed by atoms with van der Waals surface area (Å²) in [5.74, 6) is 1.34. The Kier molecular flexibility index (Phi) is 8.28. The number of halogens is 2. The van der Waals surface area contributed by atoms with Crippen molar-refractivity contribution in [2.75, 3.05) is 20.6 Å². The van der Waals surface area contributed by atoms with E-state index in [1.807, 2.05) is 45.3 Å². The Bertz CT molecular complexity index is 1160. The molecular formula is C18H21BrClN9S2. The Labute approximate surface area is 202 Å². The average molecular weight is 543 g/mol. The van der Waals surface area contributed by atoms with Gasteiger partial charge in [0.15, 0.2) is 0 Å². The van der Waals surface area contributed by atoms with Crippen molar-refractivity contribution in [1.82, 2.24) is 44.7 Å². The van der Waals surface area contributed by atoms with Crippen LogP contribution in [0.1, 0.15) is 11.3 Å². The number of likely N-dealkylation sites (N-methyl/N-ethyl adjacent to an activating group) is 1. The summed E-state index contributed by atoms with van der Waals surface area (Å²) < 4.78 is 4.63. The van der Waals surface area contributed by atoms with Gasteiger partial charge in [-0.25, -0.2) is 9.67 Å². The second-order valence-corrected chi connectivity index (χ2v) is 9.60. The molecule has 4 rings (SSSR count). The molecule has 0 fully saturated rings. The summed E-state index contributed by atoms with van der Waals surface area (Å²) in [7, 11) is 4.05. The number of nitrogens with zero attached hydrogens (tertiary/aromatic N) is 9. The van der Waals surface area contributed by atoms with Gasteiger partial charge in [0.05, 0.1) is 6.54 Å². The van der Waals surface area contributed by atoms with Crippen molar-refractivity contribution in [1.29, 1.82) is 0 Å². The molecule has 0 aliphatic heterocycles. The van der Waals surface area contributed by atoms with Crippen LogP contribution in [0.5, 0.6) is 0 Å². The van der Waals surface area contributed by atoms with Crippen LogP contribution in [0, 0.1) is 6.92 Å². The van der Waals surface area contributed by atoms with Gasteiger partial charge in [0.2, 0.25) is 10.3 Å². The predicted molar refractivity (Wildman–Crippen MR) is 127 cm³/mol. The topological polar surface area (TPSA) is 89.9 Å². The number of aromatic nitrogens is 8. The van der Waals surface area contributed by atoms with E-state index in [1.54, 1.807) is 21.0 Å². The molecule has 31 heavy (non-hydrogen) atoms. The molecule has 3 aromatic heterocycles. The molecule has 0 amide bonds. The Morgan fingerprint density at radius 2 is 1.97 bits per heavy atom. The first-order chi connectivity index (χ1) is 14.5. The van der Waals surface area contributed by atoms with Gasteiger partial charge < -0.3 is 4.90 Å². The van der Waals surface area contributed by atoms with Crippen molar-refractivity contribution in [3.63, 3.8) is 0 Å². The third-order valence-electron chi connectivity index (χ3n) is 4.16. The molecule has 0 saturated carbocycles. The minimum atomic E-state index is 0. The van der Waals surface area contributed by atoms with Crippen LogP contribution in [0.4, 0.5) is 0 Å². The van der Waals surface area contributed by atoms with Crippen LogP contribution in [0.15, 0.2) is 50.1 Å². The largest absolute Gasteiger partial charge is 0.308 e. The van der Waals surface area contributed by atoms with E-state index < -0.39 is 0 Å². The van der Waals surface area contributed by atoms with Crippen molar-refractivity contribution in [3.8, 4) is 0 Å². The van der Waals surface area contributed by atoms with Crippen molar-refractivity contribution in [2.24, 2.45) is 0 Å². The van der Waals surface area contributed by atoms with E-state index in [-0.39, 0.29) is 12.4 Å². The minimum absolute atomic E-state index is 0. The average Bonchev–Trinajstić information content (AvgIpc) is 3.32. The molecule has 3 heterocycles. The molecular weight excluding hydrogens is 522 g/mol. The monoisotopic (exact) mass is 541 g/mol. The maximum Gasteiger partial charge on any atom is 0.254 e. The molecule has 13 heteroatoms. The molecule has 0 saturated heterocycles. The molecule has 0 radical (unpaired) electrons. The number of fused-ring (bicyclic) bond motifs is 1. The zero-order valence-electron chi connectivity index (χ0n) is 17.1. The predicted octanol–water partition coefficient (Wildman–Crippen LogP) is 3.61. The summed E-state index contributed by atoms with van der Waals surface area (Å²) >= 11 is 6.62. The second kappa shape index (κ2) is 10.7. The number of thioether (sulfide) groups is 1. The van der Waals surface area contributed by atoms with Gasteiger partial charge in [-0.05, 0) is 60.9 Å². The summed E-state index contributed by atoms with van der Waals surface area (Å²) in [6.45, 7) is 3.50. The van der Waals surface area contributed by atoms with Crippen LogP contribution in [-0.4, -0.2) is 65.3 Å². The fraction of sp³-hybridized carbons (Fsp3) is 0.333. The van der Waals surface area contributed by atoms with Gasteiger partial charge in [-0.3, -0.25) is 0 Å². The van der Waals surface area contributed by atoms with E-state index in [9.17, 15) is 0 Å². The molecule has 0 spiro atoms. The van der Waals surface area contributed by atoms with Gasteiger partial charge in [-0.15, -0.1) is 22.6 Å². The molecule has 0 bridgehead atoms. The van der Waals surface area contributed by atoms with Crippen LogP contribution >= 0.6 is 51.9 Å². The Balaban J connectivity index is 0.00000272. The summed E-state index contributed by atoms with van der Waals surface area (Å²) in [4.78, 5) is 11.2. The van der Waals surface area contributed by atoms with Gasteiger partial charge in [-0.2, -0.15) is 9.50 Å². The highest BCUT2D eigenvalue weighted by molar-refractivity contribution is 9.10. The highest BCUT2D eigenvalue weighted by Crippen LogP contribution is 2.29. The molecule has 0 aliphatic carbocycles. The SMILES string of the molecule is Cc1cc(Sc2nnnn2CCN(C)C)n2nc(SCc3ccccc3Br)nc2n1.Cl. The van der Waals surface area contributed by atoms with Gasteiger partial charge >= 0.3 is 0 Å². The van der Waals surface area contributed by atoms with E-state index in [1.165, 1.54) is 17.3 Å². The van der Waals surface area contributed by atoms with E-state index in [0.717, 1.165) is 27.5 Å². The highest BCUT2D eigenvalue weighted by Gasteiger charge is 2.15. The van der Waals surface area contributed by atoms with Crippen LogP contribution < -0.4 is 0 Å². The van der Waals surface area contributed by atoms with E-state index in [0.29, 0.717) is 22.6 Å². The van der Waals surface area contributed by atoms with E-state index >= 15 is 0 Å². The number of hydrogen-bond acceptors (Lipinski definition) is 9. The first kappa shape index (κ1) is 23.9. The lowest BCUT2D eigenvalue weighted by molar-refractivity contribution is 0.361. The van der Waals surface area contributed by atoms with E-state index in [4.69, 9.17) is 0 Å². The minimum Gasteiger partial charge on any atom is -0.308 e. The Morgan fingerprint density at radius 3 is 2.74 bits per heavy atom. The summed E-state index contributed by atoms with van der Waals surface area (Å²) in [5, 5.41) is 19.0. The number of tetrazole rings is 1. The van der Waals surface area contributed by atoms with Crippen molar-refractivity contribution >= 4 is 57.6 Å². The molecule has 0 atom stereocenters. The Morgan fingerprint density at radius 1 is 1.16 bits per heavy atom. The zero-order chi connectivity index (χ0) is 21.1. The lowest BCUT2D eigenvalue weighted by Crippen LogP contribution is -2.19. The van der Waals surface area contributed by atoms with Gasteiger partial charge in [0, 0.05) is 22.5 Å². The first-order valence-electron chi connectivity index (χ1n) is 9.19. The number of rotatable bonds is 8. The number of benzene rings is 1. The molecule has 0 unspecified atom stereocenters. The first-order valence-corrected chi connectivity index (χ1v) is 11.8. The second-order valence-electron chi connectivity index (χ2n) is 6.81. The summed E-state index contributed by atoms with van der Waals surface area (Å²) in [6, 6.07) is 10.1. The maximum atomic E-state index is 4.67. The normalized spacial score (nSPS) is 11.3. The van der Waals surface area contributed by atoms with Crippen molar-refractivity contribution < 1.29 is 0 Å². The van der Waals surface area contributed by atoms with Gasteiger partial charge in [0.1, 0.15) is 5.03 Å². The molecule has 164 valence electrons. The molecule has 9 nitrogen and oxygen atoms in total. The molecule has 1 aromatic carbocycles. The quantitative estimate of drug-likeness (QED) is 0.245. The standard InChI is InChI=1S/C18H20BrN9S2.ClH/c1-12-10-15(30-18-22-24-25-27(18)9-8-26(2)3)28-16(20-12)21-17(23-28)29-11-13-6-4-5-7-14(13)19;/h4-7,10H,8-9,11H2,1-3H3;1H. The smallest absolute Gasteiger partial charge is 0.254 e. The van der Waals surface area contributed by atoms with Gasteiger partial charge in [-0.1, -0.05) is 45.9 Å². The Hall–Kier alpha value is -1.73. The summed E-state index contributed by atoms with van der Waals surface area (Å²) in [5.41, 5.74) is 2.06. The fourth-order valence-electron chi connectivity index (χ4n) is 2.63. The molecule has 4 aromatic rings. The van der Waals surface area contributed by atoms with Crippen LogP contribution in [0.2, 0.25) is 0 Å². The summed E-state index contributed by atoms with van der Waals surface area (Å²) in [6.07, 6.45) is 0. The molecule has 0 aliphatic rings. The fourth-order valence-corrected chi connectivity index (χ4v) is 4.99. The third kappa shape index (κ3) is 5.95. The third-order valence-corrected chi connectivity index (χ3v) is 6.79. The molecule has 0 N–H and O–H groups in total. The van der Waals surface area contributed by atoms with Crippen molar-refractivity contribution in [2.45, 2.75) is 34.6 Å². The lowest BCUT2D eigenvalue weighted by Gasteiger charge is -2.10.